The molecule has 0 amide bonds. The lowest BCUT2D eigenvalue weighted by Crippen LogP contribution is -2.50. The summed E-state index contributed by atoms with van der Waals surface area (Å²) < 4.78 is 10.6. The van der Waals surface area contributed by atoms with Crippen molar-refractivity contribution in [3.8, 4) is 11.8 Å². The number of nitriles is 1. The van der Waals surface area contributed by atoms with Crippen LogP contribution in [-0.2, 0) is 4.74 Å². The van der Waals surface area contributed by atoms with Crippen LogP contribution in [0.3, 0.4) is 0 Å². The normalized spacial score (nSPS) is 18.3. The molecule has 0 spiro atoms. The third-order valence-electron chi connectivity index (χ3n) is 3.88. The largest absolute Gasteiger partial charge is 0.496 e. The van der Waals surface area contributed by atoms with E-state index in [0.29, 0.717) is 13.2 Å². The summed E-state index contributed by atoms with van der Waals surface area (Å²) in [7, 11) is 3.56. The summed E-state index contributed by atoms with van der Waals surface area (Å²) in [5.41, 5.74) is 2.89. The topological polar surface area (TPSA) is 54.3 Å². The highest BCUT2D eigenvalue weighted by Crippen LogP contribution is 2.42. The van der Waals surface area contributed by atoms with E-state index in [1.165, 1.54) is 0 Å². The van der Waals surface area contributed by atoms with E-state index in [-0.39, 0.29) is 6.04 Å². The van der Waals surface area contributed by atoms with Gasteiger partial charge in [-0.2, -0.15) is 5.26 Å². The maximum Gasteiger partial charge on any atom is 0.123 e. The molecule has 1 aromatic rings. The second-order valence-corrected chi connectivity index (χ2v) is 5.16. The van der Waals surface area contributed by atoms with Crippen molar-refractivity contribution in [2.45, 2.75) is 19.9 Å². The Morgan fingerprint density at radius 3 is 2.47 bits per heavy atom. The molecule has 4 heteroatoms. The van der Waals surface area contributed by atoms with E-state index < -0.39 is 5.41 Å². The van der Waals surface area contributed by atoms with Gasteiger partial charge in [-0.3, -0.25) is 0 Å². The van der Waals surface area contributed by atoms with E-state index in [2.05, 4.69) is 17.5 Å². The molecule has 1 fully saturated rings. The van der Waals surface area contributed by atoms with Crippen molar-refractivity contribution in [1.82, 2.24) is 5.32 Å². The molecule has 0 saturated carbocycles. The molecule has 1 N–H and O–H groups in total. The van der Waals surface area contributed by atoms with Crippen LogP contribution in [0.15, 0.2) is 12.1 Å². The second-order valence-electron chi connectivity index (χ2n) is 5.16. The minimum Gasteiger partial charge on any atom is -0.496 e. The highest BCUT2D eigenvalue weighted by molar-refractivity contribution is 5.44. The first-order chi connectivity index (χ1) is 9.07. The van der Waals surface area contributed by atoms with Crippen molar-refractivity contribution in [3.63, 3.8) is 0 Å². The molecule has 1 saturated heterocycles. The summed E-state index contributed by atoms with van der Waals surface area (Å²) in [6, 6.07) is 6.53. The van der Waals surface area contributed by atoms with Gasteiger partial charge in [0.25, 0.3) is 0 Å². The van der Waals surface area contributed by atoms with Crippen LogP contribution in [0.4, 0.5) is 0 Å². The van der Waals surface area contributed by atoms with Gasteiger partial charge in [0.1, 0.15) is 11.2 Å². The third kappa shape index (κ3) is 2.20. The van der Waals surface area contributed by atoms with Gasteiger partial charge >= 0.3 is 0 Å². The molecule has 1 heterocycles. The Morgan fingerprint density at radius 2 is 2.05 bits per heavy atom. The first-order valence-electron chi connectivity index (χ1n) is 6.39. The van der Waals surface area contributed by atoms with E-state index in [1.807, 2.05) is 27.0 Å². The minimum atomic E-state index is -0.458. The average molecular weight is 260 g/mol. The zero-order valence-corrected chi connectivity index (χ0v) is 11.9. The van der Waals surface area contributed by atoms with Crippen molar-refractivity contribution in [2.24, 2.45) is 5.41 Å². The predicted molar refractivity (Wildman–Crippen MR) is 73.1 cm³/mol. The smallest absolute Gasteiger partial charge is 0.123 e. The Bertz CT molecular complexity index is 516. The van der Waals surface area contributed by atoms with Crippen molar-refractivity contribution in [1.29, 1.82) is 5.26 Å². The molecule has 4 nitrogen and oxygen atoms in total. The Labute approximate surface area is 114 Å². The van der Waals surface area contributed by atoms with Crippen molar-refractivity contribution in [3.05, 3.63) is 28.8 Å². The summed E-state index contributed by atoms with van der Waals surface area (Å²) in [5, 5.41) is 12.7. The number of hydrogen-bond donors (Lipinski definition) is 1. The first-order valence-corrected chi connectivity index (χ1v) is 6.39. The Hall–Kier alpha value is -1.57. The average Bonchev–Trinajstić information content (AvgIpc) is 2.36. The van der Waals surface area contributed by atoms with Gasteiger partial charge in [0.05, 0.1) is 32.4 Å². The number of benzene rings is 1. The molecule has 0 bridgehead atoms. The number of rotatable bonds is 4. The highest BCUT2D eigenvalue weighted by Gasteiger charge is 2.47. The van der Waals surface area contributed by atoms with Crippen LogP contribution >= 0.6 is 0 Å². The van der Waals surface area contributed by atoms with Crippen molar-refractivity contribution < 1.29 is 9.47 Å². The summed E-state index contributed by atoms with van der Waals surface area (Å²) >= 11 is 0. The van der Waals surface area contributed by atoms with Gasteiger partial charge in [0.15, 0.2) is 0 Å². The quantitative estimate of drug-likeness (QED) is 0.901. The van der Waals surface area contributed by atoms with E-state index in [9.17, 15) is 5.26 Å². The maximum absolute atomic E-state index is 9.47. The van der Waals surface area contributed by atoms with Crippen molar-refractivity contribution >= 4 is 0 Å². The summed E-state index contributed by atoms with van der Waals surface area (Å²) in [5.74, 6) is 0.881. The molecular weight excluding hydrogens is 240 g/mol. The lowest BCUT2D eigenvalue weighted by molar-refractivity contribution is -0.0964. The zero-order chi connectivity index (χ0) is 14.0. The maximum atomic E-state index is 9.47. The number of nitrogens with zero attached hydrogens (tertiary/aromatic N) is 1. The predicted octanol–water partition coefficient (Wildman–Crippen LogP) is 2.11. The minimum absolute atomic E-state index is 0.0177. The van der Waals surface area contributed by atoms with Gasteiger partial charge in [-0.1, -0.05) is 6.07 Å². The highest BCUT2D eigenvalue weighted by atomic mass is 16.5. The number of methoxy groups -OCH3 is 1. The van der Waals surface area contributed by atoms with Gasteiger partial charge in [0.2, 0.25) is 0 Å². The Morgan fingerprint density at radius 1 is 1.37 bits per heavy atom. The van der Waals surface area contributed by atoms with E-state index in [0.717, 1.165) is 22.4 Å². The molecule has 1 aliphatic rings. The van der Waals surface area contributed by atoms with Gasteiger partial charge < -0.3 is 14.8 Å². The van der Waals surface area contributed by atoms with Crippen LogP contribution in [0.2, 0.25) is 0 Å². The molecule has 19 heavy (non-hydrogen) atoms. The van der Waals surface area contributed by atoms with Crippen LogP contribution in [0.1, 0.15) is 22.7 Å². The van der Waals surface area contributed by atoms with Gasteiger partial charge in [-0.25, -0.2) is 0 Å². The van der Waals surface area contributed by atoms with Gasteiger partial charge in [-0.05, 0) is 43.7 Å². The second kappa shape index (κ2) is 5.20. The zero-order valence-electron chi connectivity index (χ0n) is 11.9. The fourth-order valence-electron chi connectivity index (χ4n) is 2.69. The first kappa shape index (κ1) is 13.9. The van der Waals surface area contributed by atoms with E-state index >= 15 is 0 Å². The van der Waals surface area contributed by atoms with Crippen LogP contribution in [0.5, 0.6) is 5.75 Å². The summed E-state index contributed by atoms with van der Waals surface area (Å²) in [6.07, 6.45) is 0. The van der Waals surface area contributed by atoms with Crippen molar-refractivity contribution in [2.75, 3.05) is 27.4 Å². The van der Waals surface area contributed by atoms with Crippen LogP contribution in [-0.4, -0.2) is 27.4 Å². The monoisotopic (exact) mass is 260 g/mol. The molecule has 0 aromatic heterocycles. The molecule has 0 radical (unpaired) electrons. The number of hydrogen-bond acceptors (Lipinski definition) is 4. The molecule has 1 aromatic carbocycles. The number of nitrogens with one attached hydrogen (secondary N) is 1. The fraction of sp³-hybridized carbons (Fsp3) is 0.533. The molecule has 1 atom stereocenters. The van der Waals surface area contributed by atoms with Crippen LogP contribution < -0.4 is 10.1 Å². The number of aryl methyl sites for hydroxylation is 2. The SMILES string of the molecule is CNC(c1cc(C)c(OC)cc1C)C1(C#N)COC1. The molecular formula is C15H20N2O2. The van der Waals surface area contributed by atoms with Crippen LogP contribution in [0.25, 0.3) is 0 Å². The molecule has 0 aliphatic carbocycles. The van der Waals surface area contributed by atoms with E-state index in [1.54, 1.807) is 7.11 Å². The summed E-state index contributed by atoms with van der Waals surface area (Å²) in [4.78, 5) is 0. The van der Waals surface area contributed by atoms with Gasteiger partial charge in [-0.15, -0.1) is 0 Å². The lowest BCUT2D eigenvalue weighted by atomic mass is 9.75. The van der Waals surface area contributed by atoms with Gasteiger partial charge in [0, 0.05) is 0 Å². The third-order valence-corrected chi connectivity index (χ3v) is 3.88. The molecule has 1 aliphatic heterocycles. The molecule has 1 unspecified atom stereocenters. The number of ether oxygens (including phenoxy) is 2. The lowest BCUT2D eigenvalue weighted by Gasteiger charge is -2.42. The van der Waals surface area contributed by atoms with E-state index in [4.69, 9.17) is 9.47 Å². The standard InChI is InChI=1S/C15H20N2O2/c1-10-6-13(18-4)11(2)5-12(10)14(17-3)15(7-16)8-19-9-15/h5-6,14,17H,8-9H2,1-4H3. The Kier molecular flexibility index (Phi) is 3.79. The molecule has 102 valence electrons. The van der Waals surface area contributed by atoms with Crippen LogP contribution in [0, 0.1) is 30.6 Å². The summed E-state index contributed by atoms with van der Waals surface area (Å²) in [6.45, 7) is 5.04. The Balaban J connectivity index is 2.45. The molecule has 2 rings (SSSR count). The fourth-order valence-corrected chi connectivity index (χ4v) is 2.69.